The quantitative estimate of drug-likeness (QED) is 0.571. The van der Waals surface area contributed by atoms with Gasteiger partial charge in [-0.05, 0) is 60.9 Å². The molecule has 136 valence electrons. The lowest BCUT2D eigenvalue weighted by Gasteiger charge is -2.15. The van der Waals surface area contributed by atoms with Gasteiger partial charge < -0.3 is 10.2 Å². The van der Waals surface area contributed by atoms with Gasteiger partial charge in [0, 0.05) is 18.3 Å². The topological polar surface area (TPSA) is 45.5 Å². The van der Waals surface area contributed by atoms with Gasteiger partial charge in [-0.2, -0.15) is 0 Å². The third-order valence-electron chi connectivity index (χ3n) is 4.74. The Morgan fingerprint density at radius 1 is 1.19 bits per heavy atom. The van der Waals surface area contributed by atoms with Crippen molar-refractivity contribution in [3.05, 3.63) is 46.3 Å². The van der Waals surface area contributed by atoms with Gasteiger partial charge in [-0.25, -0.2) is 9.97 Å². The summed E-state index contributed by atoms with van der Waals surface area (Å²) >= 11 is 9.93. The summed E-state index contributed by atoms with van der Waals surface area (Å²) < 4.78 is 2.89. The van der Waals surface area contributed by atoms with E-state index in [2.05, 4.69) is 31.1 Å². The van der Waals surface area contributed by atoms with Crippen LogP contribution in [0.4, 0.5) is 5.82 Å². The van der Waals surface area contributed by atoms with Crippen LogP contribution in [0.15, 0.2) is 41.3 Å². The number of hydrogen-bond donors (Lipinski definition) is 1. The molecule has 1 saturated heterocycles. The first-order valence-corrected chi connectivity index (χ1v) is 10.1. The molecule has 0 amide bonds. The Morgan fingerprint density at radius 2 is 2.00 bits per heavy atom. The Morgan fingerprint density at radius 3 is 2.81 bits per heavy atom. The number of imidazole rings is 1. The Kier molecular flexibility index (Phi) is 5.43. The summed E-state index contributed by atoms with van der Waals surface area (Å²) in [5, 5.41) is 4.16. The molecule has 4 rings (SSSR count). The van der Waals surface area contributed by atoms with Gasteiger partial charge >= 0.3 is 0 Å². The Hall–Kier alpha value is -1.63. The van der Waals surface area contributed by atoms with Gasteiger partial charge in [0.2, 0.25) is 0 Å². The van der Waals surface area contributed by atoms with Crippen LogP contribution in [-0.4, -0.2) is 45.4 Å². The van der Waals surface area contributed by atoms with Gasteiger partial charge in [0.05, 0.1) is 16.9 Å². The van der Waals surface area contributed by atoms with E-state index in [0.29, 0.717) is 5.02 Å². The molecule has 0 atom stereocenters. The molecular weight excluding hydrogens is 414 g/mol. The predicted octanol–water partition coefficient (Wildman–Crippen LogP) is 4.71. The first-order valence-electron chi connectivity index (χ1n) is 8.97. The normalized spacial score (nSPS) is 15.0. The highest BCUT2D eigenvalue weighted by molar-refractivity contribution is 9.10. The third-order valence-corrected chi connectivity index (χ3v) is 5.66. The fourth-order valence-corrected chi connectivity index (χ4v) is 4.00. The van der Waals surface area contributed by atoms with Gasteiger partial charge in [0.1, 0.15) is 4.60 Å². The number of halogens is 2. The minimum absolute atomic E-state index is 0.690. The molecule has 0 unspecified atom stereocenters. The molecule has 26 heavy (non-hydrogen) atoms. The number of nitrogens with zero attached hydrogens (tertiary/aromatic N) is 4. The molecule has 1 fully saturated rings. The van der Waals surface area contributed by atoms with E-state index in [4.69, 9.17) is 16.6 Å². The maximum absolute atomic E-state index is 6.37. The molecule has 0 aliphatic carbocycles. The van der Waals surface area contributed by atoms with E-state index in [0.717, 1.165) is 46.8 Å². The number of hydrogen-bond acceptors (Lipinski definition) is 4. The fourth-order valence-electron chi connectivity index (χ4n) is 3.39. The number of fused-ring (bicyclic) bond motifs is 1. The predicted molar refractivity (Wildman–Crippen MR) is 110 cm³/mol. The molecule has 5 nitrogen and oxygen atoms in total. The summed E-state index contributed by atoms with van der Waals surface area (Å²) in [5.74, 6) is 0.787. The van der Waals surface area contributed by atoms with Crippen LogP contribution in [0.25, 0.3) is 16.9 Å². The molecule has 0 bridgehead atoms. The van der Waals surface area contributed by atoms with Crippen LogP contribution in [0.3, 0.4) is 0 Å². The molecule has 0 saturated carbocycles. The Labute approximate surface area is 166 Å². The number of rotatable bonds is 6. The minimum atomic E-state index is 0.690. The van der Waals surface area contributed by atoms with Crippen molar-refractivity contribution < 1.29 is 0 Å². The Bertz CT molecular complexity index is 904. The average molecular weight is 435 g/mol. The van der Waals surface area contributed by atoms with Crippen LogP contribution in [-0.2, 0) is 0 Å². The van der Waals surface area contributed by atoms with Crippen LogP contribution >= 0.6 is 27.5 Å². The van der Waals surface area contributed by atoms with Crippen LogP contribution in [0.2, 0.25) is 5.02 Å². The molecule has 1 N–H and O–H groups in total. The molecule has 1 aliphatic rings. The molecule has 0 spiro atoms. The highest BCUT2D eigenvalue weighted by Crippen LogP contribution is 2.29. The van der Waals surface area contributed by atoms with Crippen molar-refractivity contribution in [2.75, 3.05) is 31.5 Å². The summed E-state index contributed by atoms with van der Waals surface area (Å²) in [6, 6.07) is 7.77. The van der Waals surface area contributed by atoms with E-state index in [1.165, 1.54) is 25.9 Å². The second kappa shape index (κ2) is 7.94. The number of nitrogens with one attached hydrogen (secondary N) is 1. The van der Waals surface area contributed by atoms with Gasteiger partial charge in [-0.1, -0.05) is 29.8 Å². The number of anilines is 1. The fraction of sp³-hybridized carbons (Fsp3) is 0.368. The first-order chi connectivity index (χ1) is 12.7. The SMILES string of the molecule is Clc1ccccc1-c1cn2c(Br)cnc2c(NCCCN2CCCC2)n1. The van der Waals surface area contributed by atoms with Gasteiger partial charge in [0.25, 0.3) is 0 Å². The lowest BCUT2D eigenvalue weighted by molar-refractivity contribution is 0.337. The van der Waals surface area contributed by atoms with E-state index < -0.39 is 0 Å². The summed E-state index contributed by atoms with van der Waals surface area (Å²) in [5.41, 5.74) is 2.55. The number of aromatic nitrogens is 3. The second-order valence-corrected chi connectivity index (χ2v) is 7.78. The van der Waals surface area contributed by atoms with Crippen LogP contribution in [0, 0.1) is 0 Å². The largest absolute Gasteiger partial charge is 0.367 e. The first kappa shape index (κ1) is 17.8. The van der Waals surface area contributed by atoms with E-state index in [1.807, 2.05) is 34.9 Å². The highest BCUT2D eigenvalue weighted by Gasteiger charge is 2.14. The standard InChI is InChI=1S/C19H21BrClN5/c20-17-12-23-19-18(22-8-5-11-25-9-3-4-10-25)24-16(13-26(17)19)14-6-1-2-7-15(14)21/h1-2,6-7,12-13H,3-5,8-11H2,(H,22,24). The molecule has 3 aromatic rings. The molecule has 7 heteroatoms. The number of benzene rings is 1. The zero-order valence-corrected chi connectivity index (χ0v) is 16.8. The number of likely N-dealkylation sites (tertiary alicyclic amines) is 1. The molecule has 1 aromatic carbocycles. The molecule has 1 aliphatic heterocycles. The van der Waals surface area contributed by atoms with Crippen molar-refractivity contribution >= 4 is 39.0 Å². The summed E-state index contributed by atoms with van der Waals surface area (Å²) in [4.78, 5) is 11.8. The molecule has 2 aromatic heterocycles. The summed E-state index contributed by atoms with van der Waals surface area (Å²) in [6.45, 7) is 4.47. The van der Waals surface area contributed by atoms with Gasteiger partial charge in [0.15, 0.2) is 11.5 Å². The molecule has 3 heterocycles. The Balaban J connectivity index is 1.57. The van der Waals surface area contributed by atoms with Crippen molar-refractivity contribution in [3.8, 4) is 11.3 Å². The van der Waals surface area contributed by atoms with E-state index in [1.54, 1.807) is 6.20 Å². The van der Waals surface area contributed by atoms with Crippen LogP contribution < -0.4 is 5.32 Å². The van der Waals surface area contributed by atoms with E-state index in [9.17, 15) is 0 Å². The maximum atomic E-state index is 6.37. The lowest BCUT2D eigenvalue weighted by atomic mass is 10.1. The minimum Gasteiger partial charge on any atom is -0.367 e. The maximum Gasteiger partial charge on any atom is 0.181 e. The summed E-state index contributed by atoms with van der Waals surface area (Å²) in [7, 11) is 0. The zero-order chi connectivity index (χ0) is 17.9. The van der Waals surface area contributed by atoms with Crippen molar-refractivity contribution in [1.82, 2.24) is 19.3 Å². The zero-order valence-electron chi connectivity index (χ0n) is 14.5. The van der Waals surface area contributed by atoms with Gasteiger partial charge in [-0.3, -0.25) is 4.40 Å². The lowest BCUT2D eigenvalue weighted by Crippen LogP contribution is -2.22. The van der Waals surface area contributed by atoms with Crippen molar-refractivity contribution in [3.63, 3.8) is 0 Å². The van der Waals surface area contributed by atoms with Crippen molar-refractivity contribution in [2.45, 2.75) is 19.3 Å². The van der Waals surface area contributed by atoms with E-state index >= 15 is 0 Å². The molecular formula is C19H21BrClN5. The highest BCUT2D eigenvalue weighted by atomic mass is 79.9. The van der Waals surface area contributed by atoms with Gasteiger partial charge in [-0.15, -0.1) is 0 Å². The monoisotopic (exact) mass is 433 g/mol. The average Bonchev–Trinajstić information content (AvgIpc) is 3.29. The summed E-state index contributed by atoms with van der Waals surface area (Å²) in [6.07, 6.45) is 7.51. The van der Waals surface area contributed by atoms with Crippen molar-refractivity contribution in [1.29, 1.82) is 0 Å². The second-order valence-electron chi connectivity index (χ2n) is 6.56. The smallest absolute Gasteiger partial charge is 0.181 e. The van der Waals surface area contributed by atoms with Crippen molar-refractivity contribution in [2.24, 2.45) is 0 Å². The van der Waals surface area contributed by atoms with Crippen LogP contribution in [0.5, 0.6) is 0 Å². The van der Waals surface area contributed by atoms with E-state index in [-0.39, 0.29) is 0 Å². The van der Waals surface area contributed by atoms with Crippen LogP contribution in [0.1, 0.15) is 19.3 Å². The molecule has 0 radical (unpaired) electrons. The third kappa shape index (κ3) is 3.72.